The molecule has 1 saturated heterocycles. The van der Waals surface area contributed by atoms with Crippen LogP contribution < -0.4 is 31.9 Å². The van der Waals surface area contributed by atoms with Crippen LogP contribution >= 0.6 is 11.8 Å². The predicted molar refractivity (Wildman–Crippen MR) is 358 cm³/mol. The maximum absolute atomic E-state index is 14.8. The number of anilines is 1. The number of likely N-dealkylation sites (tertiary alicyclic amines) is 1. The molecule has 25 nitrogen and oxygen atoms in total. The molecule has 4 rings (SSSR count). The van der Waals surface area contributed by atoms with Crippen molar-refractivity contribution in [1.82, 2.24) is 46.2 Å². The molecule has 2 aromatic rings. The van der Waals surface area contributed by atoms with Gasteiger partial charge in [-0.3, -0.25) is 57.7 Å². The molecule has 0 aliphatic carbocycles. The summed E-state index contributed by atoms with van der Waals surface area (Å²) in [5.74, 6) is -6.24. The number of hydrogen-bond donors (Lipinski definition) is 7. The molecule has 522 valence electrons. The first-order valence-corrected chi connectivity index (χ1v) is 34.0. The minimum atomic E-state index is -1.12. The molecule has 0 unspecified atom stereocenters. The second kappa shape index (κ2) is 38.2. The molecule has 2 aliphatic rings. The summed E-state index contributed by atoms with van der Waals surface area (Å²) < 4.78 is 17.7. The molecule has 0 bridgehead atoms. The van der Waals surface area contributed by atoms with Crippen molar-refractivity contribution in [3.8, 4) is 0 Å². The number of carbonyl (C=O) groups is 11. The monoisotopic (exact) mass is 1330 g/mol. The Kier molecular flexibility index (Phi) is 32.1. The van der Waals surface area contributed by atoms with Gasteiger partial charge in [0.2, 0.25) is 47.3 Å². The van der Waals surface area contributed by atoms with Gasteiger partial charge < -0.3 is 61.0 Å². The van der Waals surface area contributed by atoms with Crippen LogP contribution in [0.4, 0.5) is 10.5 Å². The topological polar surface area (TPSA) is 321 Å². The second-order valence-electron chi connectivity index (χ2n) is 25.7. The van der Waals surface area contributed by atoms with E-state index in [2.05, 4.69) is 31.9 Å². The van der Waals surface area contributed by atoms with Crippen LogP contribution in [0.15, 0.2) is 66.7 Å². The number of nitrogens with zero attached hydrogens (tertiary/aromatic N) is 4. The fraction of sp³-hybridized carbons (Fsp3) is 0.632. The van der Waals surface area contributed by atoms with Crippen molar-refractivity contribution >= 4 is 82.6 Å². The van der Waals surface area contributed by atoms with Crippen molar-refractivity contribution in [2.75, 3.05) is 58.7 Å². The number of imide groups is 1. The molecule has 2 heterocycles. The average molecular weight is 1330 g/mol. The minimum absolute atomic E-state index is 0.0372. The summed E-state index contributed by atoms with van der Waals surface area (Å²) in [5, 5.41) is 27.7. The summed E-state index contributed by atoms with van der Waals surface area (Å²) in [6.45, 7) is 19.8. The van der Waals surface area contributed by atoms with Crippen molar-refractivity contribution in [2.45, 2.75) is 194 Å². The van der Waals surface area contributed by atoms with Gasteiger partial charge in [-0.25, -0.2) is 4.79 Å². The van der Waals surface area contributed by atoms with E-state index in [4.69, 9.17) is 14.2 Å². The van der Waals surface area contributed by atoms with E-state index < -0.39 is 138 Å². The van der Waals surface area contributed by atoms with Gasteiger partial charge in [0.15, 0.2) is 0 Å². The lowest BCUT2D eigenvalue weighted by molar-refractivity contribution is -0.148. The summed E-state index contributed by atoms with van der Waals surface area (Å²) in [6.07, 6.45) is 2.95. The zero-order chi connectivity index (χ0) is 70.3. The van der Waals surface area contributed by atoms with Crippen molar-refractivity contribution in [3.63, 3.8) is 0 Å². The number of ether oxygens (including phenoxy) is 3. The van der Waals surface area contributed by atoms with E-state index in [-0.39, 0.29) is 62.5 Å². The van der Waals surface area contributed by atoms with Crippen LogP contribution in [0.25, 0.3) is 0 Å². The lowest BCUT2D eigenvalue weighted by Crippen LogP contribution is -2.60. The number of rotatable bonds is 37. The van der Waals surface area contributed by atoms with E-state index in [1.54, 1.807) is 94.8 Å². The van der Waals surface area contributed by atoms with Gasteiger partial charge in [-0.1, -0.05) is 111 Å². The Hall–Kier alpha value is -7.42. The highest BCUT2D eigenvalue weighted by molar-refractivity contribution is 7.98. The molecule has 0 spiro atoms. The second-order valence-corrected chi connectivity index (χ2v) is 26.7. The molecule has 26 heteroatoms. The molecule has 11 amide bonds. The number of methoxy groups -OCH3 is 2. The average Bonchev–Trinajstić information content (AvgIpc) is 1.62. The SMILES string of the molecule is CC[C@H](C)[C@@H]([C@@H](CC(=O)N1CCC[C@H]1[C@H](OC)[C@@H](C)C(=O)N[C@H](C)[C@@H](O)c1ccccc1)OC)N(C)C(=O)[C@@H](NC(=O)[C@H](C(C)C)N(C)C(=O)OCc1ccc(NC(=O)[C@H](CCSC)NC(=O)[C@H](C)NC(=O)[C@@H](CC(C)C)NC(=O)CCN2C(=O)C=CC2=O)cc1)C(C)C. The Balaban J connectivity index is 1.36. The van der Waals surface area contributed by atoms with E-state index in [0.717, 1.165) is 17.1 Å². The van der Waals surface area contributed by atoms with Gasteiger partial charge >= 0.3 is 6.09 Å². The van der Waals surface area contributed by atoms with E-state index >= 15 is 0 Å². The minimum Gasteiger partial charge on any atom is -0.445 e. The van der Waals surface area contributed by atoms with E-state index in [1.807, 2.05) is 52.1 Å². The molecule has 2 aliphatic heterocycles. The third-order valence-electron chi connectivity index (χ3n) is 17.5. The fourth-order valence-electron chi connectivity index (χ4n) is 11.9. The fourth-order valence-corrected chi connectivity index (χ4v) is 12.3. The van der Waals surface area contributed by atoms with Crippen molar-refractivity contribution < 1.29 is 72.1 Å². The van der Waals surface area contributed by atoms with Gasteiger partial charge in [0.05, 0.1) is 48.8 Å². The number of carbonyl (C=O) groups excluding carboxylic acids is 11. The Bertz CT molecular complexity index is 2900. The molecule has 13 atom stereocenters. The van der Waals surface area contributed by atoms with Gasteiger partial charge in [-0.2, -0.15) is 11.8 Å². The number of aliphatic hydroxyl groups excluding tert-OH is 1. The van der Waals surface area contributed by atoms with Crippen LogP contribution in [0.5, 0.6) is 0 Å². The summed E-state index contributed by atoms with van der Waals surface area (Å²) in [7, 11) is 6.09. The number of hydrogen-bond acceptors (Lipinski definition) is 16. The summed E-state index contributed by atoms with van der Waals surface area (Å²) in [6, 6.07) is 8.57. The number of benzene rings is 2. The van der Waals surface area contributed by atoms with E-state index in [1.165, 1.54) is 44.9 Å². The maximum atomic E-state index is 14.8. The lowest BCUT2D eigenvalue weighted by atomic mass is 9.89. The first-order chi connectivity index (χ1) is 44.4. The van der Waals surface area contributed by atoms with Crippen LogP contribution in [-0.2, 0) is 68.8 Å². The van der Waals surface area contributed by atoms with Gasteiger partial charge in [-0.15, -0.1) is 0 Å². The number of likely N-dealkylation sites (N-methyl/N-ethyl adjacent to an activating group) is 2. The zero-order valence-electron chi connectivity index (χ0n) is 57.7. The number of nitrogens with one attached hydrogen (secondary N) is 6. The molecule has 94 heavy (non-hydrogen) atoms. The highest BCUT2D eigenvalue weighted by Gasteiger charge is 2.44. The lowest BCUT2D eigenvalue weighted by Gasteiger charge is -2.41. The number of aliphatic hydroxyl groups is 1. The largest absolute Gasteiger partial charge is 0.445 e. The van der Waals surface area contributed by atoms with Crippen molar-refractivity contribution in [2.24, 2.45) is 29.6 Å². The molecule has 2 aromatic carbocycles. The third-order valence-corrected chi connectivity index (χ3v) is 18.1. The highest BCUT2D eigenvalue weighted by Crippen LogP contribution is 2.31. The molecule has 0 radical (unpaired) electrons. The van der Waals surface area contributed by atoms with Crippen LogP contribution in [-0.4, -0.2) is 204 Å². The Morgan fingerprint density at radius 1 is 0.723 bits per heavy atom. The van der Waals surface area contributed by atoms with Crippen LogP contribution in [0.1, 0.15) is 138 Å². The smallest absolute Gasteiger partial charge is 0.410 e. The van der Waals surface area contributed by atoms with Crippen LogP contribution in [0, 0.1) is 29.6 Å². The number of thioether (sulfide) groups is 1. The summed E-state index contributed by atoms with van der Waals surface area (Å²) in [5.41, 5.74) is 1.59. The van der Waals surface area contributed by atoms with E-state index in [9.17, 15) is 57.8 Å². The van der Waals surface area contributed by atoms with Gasteiger partial charge in [0.25, 0.3) is 11.8 Å². The van der Waals surface area contributed by atoms with Gasteiger partial charge in [0.1, 0.15) is 36.8 Å². The van der Waals surface area contributed by atoms with E-state index in [0.29, 0.717) is 48.4 Å². The maximum Gasteiger partial charge on any atom is 0.410 e. The zero-order valence-corrected chi connectivity index (χ0v) is 58.5. The number of amides is 11. The quantitative estimate of drug-likeness (QED) is 0.0433. The third kappa shape index (κ3) is 22.6. The van der Waals surface area contributed by atoms with Crippen molar-refractivity contribution in [3.05, 3.63) is 77.9 Å². The molecule has 7 N–H and O–H groups in total. The molecule has 1 fully saturated rings. The Morgan fingerprint density at radius 3 is 1.93 bits per heavy atom. The predicted octanol–water partition coefficient (Wildman–Crippen LogP) is 5.11. The Morgan fingerprint density at radius 2 is 1.36 bits per heavy atom. The van der Waals surface area contributed by atoms with Gasteiger partial charge in [-0.05, 0) is 98.5 Å². The van der Waals surface area contributed by atoms with Crippen molar-refractivity contribution in [1.29, 1.82) is 0 Å². The molecular formula is C68H104N10O15S. The molecule has 0 saturated carbocycles. The normalized spacial score (nSPS) is 17.8. The molecular weight excluding hydrogens is 1230 g/mol. The summed E-state index contributed by atoms with van der Waals surface area (Å²) >= 11 is 1.47. The standard InChI is InChI=1S/C68H104N10O15S/c1-17-42(8)59(52(91-14)37-56(82)77-33-21-24-51(77)61(92-15)43(9)62(84)69-44(10)60(83)47-22-19-18-20-23-47)75(12)67(89)57(40(4)5)74-66(88)58(41(6)7)76(13)68(90)93-38-46-25-27-48(28-26-46)71-64(86)49(32-35-94-16)73-63(85)45(11)70-65(87)50(36-39(2)3)72-53(79)31-34-78-54(80)29-30-55(78)81/h18-20,22-23,25-30,39-45,49-52,57-61,83H,17,21,24,31-38H2,1-16H3,(H,69,84)(H,70,87)(H,71,86)(H,72,79)(H,73,85)(H,74,88)/t42-,43+,44+,45-,49-,50+,51-,52+,57-,58-,59-,60+,61+/m0/s1. The highest BCUT2D eigenvalue weighted by atomic mass is 32.2. The van der Waals surface area contributed by atoms with Crippen LogP contribution in [0.3, 0.4) is 0 Å². The van der Waals surface area contributed by atoms with Gasteiger partial charge in [0, 0.05) is 65.7 Å². The Labute approximate surface area is 559 Å². The first kappa shape index (κ1) is 79.0. The first-order valence-electron chi connectivity index (χ1n) is 32.6. The molecule has 0 aromatic heterocycles. The van der Waals surface area contributed by atoms with Crippen LogP contribution in [0.2, 0.25) is 0 Å². The summed E-state index contributed by atoms with van der Waals surface area (Å²) in [4.78, 5) is 154.